The fourth-order valence-electron chi connectivity index (χ4n) is 2.57. The summed E-state index contributed by atoms with van der Waals surface area (Å²) < 4.78 is 18.7. The number of halogens is 1. The van der Waals surface area contributed by atoms with E-state index in [2.05, 4.69) is 15.5 Å². The maximum atomic E-state index is 13.6. The average Bonchev–Trinajstić information content (AvgIpc) is 3.17. The van der Waals surface area contributed by atoms with E-state index in [1.807, 2.05) is 0 Å². The Morgan fingerprint density at radius 1 is 1.33 bits per heavy atom. The maximum absolute atomic E-state index is 13.6. The summed E-state index contributed by atoms with van der Waals surface area (Å²) in [7, 11) is 0. The van der Waals surface area contributed by atoms with Gasteiger partial charge in [-0.3, -0.25) is 4.79 Å². The summed E-state index contributed by atoms with van der Waals surface area (Å²) in [5, 5.41) is 6.54. The Labute approximate surface area is 121 Å². The van der Waals surface area contributed by atoms with Crippen LogP contribution in [0.1, 0.15) is 31.6 Å². The molecule has 1 heterocycles. The summed E-state index contributed by atoms with van der Waals surface area (Å²) in [5.41, 5.74) is 0.287. The normalized spacial score (nSPS) is 15.3. The minimum Gasteiger partial charge on any atom is -0.347 e. The van der Waals surface area contributed by atoms with E-state index < -0.39 is 5.82 Å². The molecule has 110 valence electrons. The molecule has 3 rings (SSSR count). The van der Waals surface area contributed by atoms with Crippen LogP contribution in [0.4, 0.5) is 4.39 Å². The van der Waals surface area contributed by atoms with E-state index in [1.54, 1.807) is 18.2 Å². The van der Waals surface area contributed by atoms with Crippen molar-refractivity contribution in [1.29, 1.82) is 0 Å². The van der Waals surface area contributed by atoms with Crippen molar-refractivity contribution >= 4 is 5.91 Å². The Morgan fingerprint density at radius 3 is 2.86 bits per heavy atom. The summed E-state index contributed by atoms with van der Waals surface area (Å²) in [4.78, 5) is 16.0. The predicted octanol–water partition coefficient (Wildman–Crippen LogP) is 2.68. The van der Waals surface area contributed by atoms with Gasteiger partial charge in [0.2, 0.25) is 17.6 Å². The van der Waals surface area contributed by atoms with Gasteiger partial charge in [-0.15, -0.1) is 0 Å². The smallest absolute Gasteiger partial charge is 0.246 e. The molecule has 1 aromatic carbocycles. The molecule has 0 spiro atoms. The maximum Gasteiger partial charge on any atom is 0.246 e. The zero-order valence-electron chi connectivity index (χ0n) is 11.5. The van der Waals surface area contributed by atoms with Gasteiger partial charge in [-0.25, -0.2) is 4.39 Å². The highest BCUT2D eigenvalue weighted by Gasteiger charge is 2.22. The number of benzene rings is 1. The molecule has 1 aliphatic carbocycles. The number of hydrogen-bond acceptors (Lipinski definition) is 4. The third kappa shape index (κ3) is 3.09. The van der Waals surface area contributed by atoms with Crippen molar-refractivity contribution in [2.75, 3.05) is 0 Å². The molecule has 1 amide bonds. The molecule has 0 bridgehead atoms. The van der Waals surface area contributed by atoms with Gasteiger partial charge in [0.25, 0.3) is 0 Å². The van der Waals surface area contributed by atoms with Gasteiger partial charge in [0.1, 0.15) is 5.82 Å². The van der Waals surface area contributed by atoms with Crippen LogP contribution in [0.15, 0.2) is 28.8 Å². The van der Waals surface area contributed by atoms with E-state index in [0.29, 0.717) is 0 Å². The summed E-state index contributed by atoms with van der Waals surface area (Å²) in [6.07, 6.45) is 4.10. The van der Waals surface area contributed by atoms with Gasteiger partial charge in [-0.1, -0.05) is 30.1 Å². The third-order valence-electron chi connectivity index (χ3n) is 3.72. The van der Waals surface area contributed by atoms with Gasteiger partial charge in [-0.2, -0.15) is 4.98 Å². The third-order valence-corrected chi connectivity index (χ3v) is 3.72. The lowest BCUT2D eigenvalue weighted by Crippen LogP contribution is -2.28. The van der Waals surface area contributed by atoms with Crippen LogP contribution in [-0.2, 0) is 11.3 Å². The highest BCUT2D eigenvalue weighted by Crippen LogP contribution is 2.24. The Balaban J connectivity index is 1.63. The first-order valence-corrected chi connectivity index (χ1v) is 7.09. The molecule has 0 unspecified atom stereocenters. The molecular formula is C15H16FN3O2. The van der Waals surface area contributed by atoms with Crippen LogP contribution in [0.25, 0.3) is 11.4 Å². The molecule has 6 heteroatoms. The lowest BCUT2D eigenvalue weighted by atomic mass is 10.1. The number of rotatable bonds is 4. The number of hydrogen-bond donors (Lipinski definition) is 1. The summed E-state index contributed by atoms with van der Waals surface area (Å²) >= 11 is 0. The van der Waals surface area contributed by atoms with Crippen LogP contribution in [0.2, 0.25) is 0 Å². The van der Waals surface area contributed by atoms with Crippen molar-refractivity contribution in [2.24, 2.45) is 5.92 Å². The van der Waals surface area contributed by atoms with Crippen LogP contribution in [0, 0.1) is 11.7 Å². The molecule has 1 fully saturated rings. The molecule has 0 radical (unpaired) electrons. The van der Waals surface area contributed by atoms with Crippen LogP contribution >= 0.6 is 0 Å². The largest absolute Gasteiger partial charge is 0.347 e. The Kier molecular flexibility index (Phi) is 3.94. The van der Waals surface area contributed by atoms with Crippen molar-refractivity contribution in [3.05, 3.63) is 36.0 Å². The van der Waals surface area contributed by atoms with Crippen molar-refractivity contribution in [3.8, 4) is 11.4 Å². The Bertz CT molecular complexity index is 635. The SMILES string of the molecule is O=C(NCc1nc(-c2ccccc2F)no1)C1CCCC1. The van der Waals surface area contributed by atoms with Gasteiger partial charge in [-0.05, 0) is 25.0 Å². The molecule has 1 aromatic heterocycles. The molecular weight excluding hydrogens is 273 g/mol. The van der Waals surface area contributed by atoms with Crippen LogP contribution in [-0.4, -0.2) is 16.0 Å². The lowest BCUT2D eigenvalue weighted by Gasteiger charge is -2.07. The van der Waals surface area contributed by atoms with Crippen LogP contribution in [0.3, 0.4) is 0 Å². The topological polar surface area (TPSA) is 68.0 Å². The van der Waals surface area contributed by atoms with Gasteiger partial charge < -0.3 is 9.84 Å². The molecule has 0 aliphatic heterocycles. The van der Waals surface area contributed by atoms with Crippen molar-refractivity contribution in [2.45, 2.75) is 32.2 Å². The predicted molar refractivity (Wildman–Crippen MR) is 73.5 cm³/mol. The molecule has 21 heavy (non-hydrogen) atoms. The minimum atomic E-state index is -0.403. The first-order chi connectivity index (χ1) is 10.2. The molecule has 1 aliphatic rings. The Hall–Kier alpha value is -2.24. The zero-order valence-corrected chi connectivity index (χ0v) is 11.5. The van der Waals surface area contributed by atoms with E-state index >= 15 is 0 Å². The number of carbonyl (C=O) groups excluding carboxylic acids is 1. The summed E-state index contributed by atoms with van der Waals surface area (Å²) in [6, 6.07) is 6.23. The number of nitrogens with one attached hydrogen (secondary N) is 1. The van der Waals surface area contributed by atoms with E-state index in [0.717, 1.165) is 25.7 Å². The van der Waals surface area contributed by atoms with Gasteiger partial charge >= 0.3 is 0 Å². The van der Waals surface area contributed by atoms with E-state index in [-0.39, 0.29) is 35.6 Å². The number of aromatic nitrogens is 2. The fraction of sp³-hybridized carbons (Fsp3) is 0.400. The number of carbonyl (C=O) groups is 1. The lowest BCUT2D eigenvalue weighted by molar-refractivity contribution is -0.125. The molecule has 1 saturated carbocycles. The monoisotopic (exact) mass is 289 g/mol. The van der Waals surface area contributed by atoms with Gasteiger partial charge in [0, 0.05) is 5.92 Å². The number of amides is 1. The molecule has 1 N–H and O–H groups in total. The summed E-state index contributed by atoms with van der Waals surface area (Å²) in [6.45, 7) is 0.177. The summed E-state index contributed by atoms with van der Waals surface area (Å²) in [5.74, 6) is 0.190. The molecule has 5 nitrogen and oxygen atoms in total. The highest BCUT2D eigenvalue weighted by atomic mass is 19.1. The molecule has 2 aromatic rings. The zero-order chi connectivity index (χ0) is 14.7. The second-order valence-corrected chi connectivity index (χ2v) is 5.19. The fourth-order valence-corrected chi connectivity index (χ4v) is 2.57. The van der Waals surface area contributed by atoms with E-state index in [1.165, 1.54) is 6.07 Å². The molecule has 0 atom stereocenters. The van der Waals surface area contributed by atoms with Crippen molar-refractivity contribution in [3.63, 3.8) is 0 Å². The standard InChI is InChI=1S/C15H16FN3O2/c16-12-8-4-3-7-11(12)14-18-13(21-19-14)9-17-15(20)10-5-1-2-6-10/h3-4,7-8,10H,1-2,5-6,9H2,(H,17,20). The first-order valence-electron chi connectivity index (χ1n) is 7.09. The second kappa shape index (κ2) is 6.03. The number of nitrogens with zero attached hydrogens (tertiary/aromatic N) is 2. The van der Waals surface area contributed by atoms with Crippen molar-refractivity contribution in [1.82, 2.24) is 15.5 Å². The first kappa shape index (κ1) is 13.7. The molecule has 0 saturated heterocycles. The van der Waals surface area contributed by atoms with Gasteiger partial charge in [0.15, 0.2) is 0 Å². The highest BCUT2D eigenvalue weighted by molar-refractivity contribution is 5.78. The van der Waals surface area contributed by atoms with Crippen molar-refractivity contribution < 1.29 is 13.7 Å². The second-order valence-electron chi connectivity index (χ2n) is 5.19. The van der Waals surface area contributed by atoms with Gasteiger partial charge in [0.05, 0.1) is 12.1 Å². The van der Waals surface area contributed by atoms with Crippen LogP contribution < -0.4 is 5.32 Å². The quantitative estimate of drug-likeness (QED) is 0.939. The van der Waals surface area contributed by atoms with E-state index in [9.17, 15) is 9.18 Å². The van der Waals surface area contributed by atoms with Crippen LogP contribution in [0.5, 0.6) is 0 Å². The average molecular weight is 289 g/mol. The minimum absolute atomic E-state index is 0.0261. The Morgan fingerprint density at radius 2 is 2.10 bits per heavy atom. The van der Waals surface area contributed by atoms with E-state index in [4.69, 9.17) is 4.52 Å².